The van der Waals surface area contributed by atoms with E-state index in [2.05, 4.69) is 103 Å². The van der Waals surface area contributed by atoms with E-state index < -0.39 is 24.3 Å². The van der Waals surface area contributed by atoms with Gasteiger partial charge in [0.15, 0.2) is 0 Å². The van der Waals surface area contributed by atoms with Gasteiger partial charge in [0, 0.05) is 12.1 Å². The Bertz CT molecular complexity index is 2900. The van der Waals surface area contributed by atoms with Crippen LogP contribution in [-0.2, 0) is 44.7 Å². The van der Waals surface area contributed by atoms with Crippen molar-refractivity contribution in [2.24, 2.45) is 23.7 Å². The molecule has 2 aliphatic heterocycles. The van der Waals surface area contributed by atoms with Crippen molar-refractivity contribution in [3.05, 3.63) is 107 Å². The van der Waals surface area contributed by atoms with E-state index in [0.29, 0.717) is 11.8 Å². The largest absolute Gasteiger partial charge is 0.453 e. The first-order valence-electron chi connectivity index (χ1n) is 27.4. The molecular formula is C60H76N8O8. The first kappa shape index (κ1) is 54.0. The maximum absolute atomic E-state index is 14.5. The number of ether oxygens (including phenoxy) is 2. The summed E-state index contributed by atoms with van der Waals surface area (Å²) in [6, 6.07) is 25.5. The zero-order valence-corrected chi connectivity index (χ0v) is 44.8. The SMILES string of the molecule is COC(=O)N[C@H](C(=O)N1[C@H](c2nc3ccc(-c4cc5ccc4CCc4ccc(c(-c6ccc7nc([C@@H]8C[C@@H]9CCCC[C@@H]9N8C(=O)[C@@H](NC(=O)OC)C(C)C)[nH]c7c6)c4)CC5)cc3[nH]2)C[C@@H]2CCCC[C@@H]21)C(C)C.O.O. The summed E-state index contributed by atoms with van der Waals surface area (Å²) in [5.74, 6) is 2.04. The number of nitrogens with zero attached hydrogens (tertiary/aromatic N) is 4. The van der Waals surface area contributed by atoms with Crippen LogP contribution in [0.1, 0.15) is 138 Å². The number of nitrogens with one attached hydrogen (secondary N) is 4. The van der Waals surface area contributed by atoms with Gasteiger partial charge >= 0.3 is 12.2 Å². The summed E-state index contributed by atoms with van der Waals surface area (Å²) < 4.78 is 9.87. The highest BCUT2D eigenvalue weighted by Gasteiger charge is 2.50. The molecule has 4 bridgehead atoms. The number of methoxy groups -OCH3 is 2. The van der Waals surface area contributed by atoms with Gasteiger partial charge in [-0.25, -0.2) is 19.6 Å². The quantitative estimate of drug-likeness (QED) is 0.103. The van der Waals surface area contributed by atoms with Gasteiger partial charge in [-0.15, -0.1) is 0 Å². The Balaban J connectivity index is 0.00000353. The van der Waals surface area contributed by atoms with Gasteiger partial charge in [0.05, 0.1) is 48.4 Å². The lowest BCUT2D eigenvalue weighted by molar-refractivity contribution is -0.139. The predicted molar refractivity (Wildman–Crippen MR) is 293 cm³/mol. The zero-order chi connectivity index (χ0) is 51.4. The molecule has 4 amide bonds. The molecule has 2 saturated heterocycles. The fourth-order valence-electron chi connectivity index (χ4n) is 13.6. The van der Waals surface area contributed by atoms with Crippen LogP contribution in [-0.4, -0.2) is 103 Å². The monoisotopic (exact) mass is 1040 g/mol. The lowest BCUT2D eigenvalue weighted by atomic mass is 9.84. The highest BCUT2D eigenvalue weighted by atomic mass is 16.5. The fraction of sp³-hybridized carbons (Fsp3) is 0.500. The minimum Gasteiger partial charge on any atom is -0.453 e. The third kappa shape index (κ3) is 10.3. The normalized spacial score (nSPS) is 22.7. The van der Waals surface area contributed by atoms with E-state index in [1.807, 2.05) is 27.7 Å². The van der Waals surface area contributed by atoms with Gasteiger partial charge in [0.2, 0.25) is 11.8 Å². The number of aromatic nitrogens is 4. The number of rotatable bonds is 10. The molecule has 0 unspecified atom stereocenters. The van der Waals surface area contributed by atoms with E-state index in [9.17, 15) is 19.2 Å². The highest BCUT2D eigenvalue weighted by molar-refractivity contribution is 5.89. The molecule has 2 aromatic heterocycles. The van der Waals surface area contributed by atoms with E-state index in [0.717, 1.165) is 135 Å². The molecule has 0 spiro atoms. The van der Waals surface area contributed by atoms with Crippen molar-refractivity contribution >= 4 is 46.1 Å². The second kappa shape index (κ2) is 22.4. The Morgan fingerprint density at radius 1 is 0.553 bits per heavy atom. The summed E-state index contributed by atoms with van der Waals surface area (Å²) in [7, 11) is 2.66. The van der Waals surface area contributed by atoms with Gasteiger partial charge in [-0.1, -0.05) is 102 Å². The van der Waals surface area contributed by atoms with Crippen LogP contribution < -0.4 is 10.6 Å². The average molecular weight is 1040 g/mol. The van der Waals surface area contributed by atoms with Crippen LogP contribution in [0, 0.1) is 23.7 Å². The number of carbonyl (C=O) groups excluding carboxylic acids is 4. The van der Waals surface area contributed by atoms with Crippen molar-refractivity contribution in [1.29, 1.82) is 0 Å². The summed E-state index contributed by atoms with van der Waals surface area (Å²) in [5, 5.41) is 5.68. The van der Waals surface area contributed by atoms with Crippen molar-refractivity contribution in [2.75, 3.05) is 14.2 Å². The number of aromatic amines is 2. The Morgan fingerprint density at radius 3 is 1.36 bits per heavy atom. The van der Waals surface area contributed by atoms with Crippen LogP contribution in [0.4, 0.5) is 9.59 Å². The molecule has 2 saturated carbocycles. The molecule has 14 rings (SSSR count). The van der Waals surface area contributed by atoms with Gasteiger partial charge in [-0.05, 0) is 157 Å². The lowest BCUT2D eigenvalue weighted by Crippen LogP contribution is -2.53. The zero-order valence-electron chi connectivity index (χ0n) is 44.8. The van der Waals surface area contributed by atoms with Crippen LogP contribution in [0.2, 0.25) is 0 Å². The molecule has 8 N–H and O–H groups in total. The van der Waals surface area contributed by atoms with Gasteiger partial charge in [-0.3, -0.25) is 9.59 Å². The molecule has 16 heteroatoms. The van der Waals surface area contributed by atoms with Crippen LogP contribution in [0.25, 0.3) is 44.3 Å². The van der Waals surface area contributed by atoms with Crippen LogP contribution >= 0.6 is 0 Å². The topological polar surface area (TPSA) is 238 Å². The third-order valence-corrected chi connectivity index (χ3v) is 17.4. The second-order valence-corrected chi connectivity index (χ2v) is 22.6. The molecular weight excluding hydrogens is 961 g/mol. The number of amides is 4. The average Bonchev–Trinajstić information content (AvgIpc) is 4.22. The molecule has 4 aromatic carbocycles. The van der Waals surface area contributed by atoms with E-state index in [1.165, 1.54) is 47.6 Å². The molecule has 8 aliphatic rings. The van der Waals surface area contributed by atoms with Gasteiger partial charge in [0.1, 0.15) is 23.7 Å². The number of alkyl carbamates (subject to hydrolysis) is 2. The summed E-state index contributed by atoms with van der Waals surface area (Å²) in [6.07, 6.45) is 12.6. The number of fused-ring (bicyclic) bond motifs is 4. The number of H-pyrrole nitrogens is 2. The molecule has 4 fully saturated rings. The van der Waals surface area contributed by atoms with Gasteiger partial charge < -0.3 is 50.8 Å². The molecule has 0 radical (unpaired) electrons. The predicted octanol–water partition coefficient (Wildman–Crippen LogP) is 9.43. The minimum absolute atomic E-state index is 0. The van der Waals surface area contributed by atoms with Gasteiger partial charge in [-0.2, -0.15) is 0 Å². The number of hydrogen-bond donors (Lipinski definition) is 4. The third-order valence-electron chi connectivity index (χ3n) is 17.4. The molecule has 6 aromatic rings. The van der Waals surface area contributed by atoms with Crippen molar-refractivity contribution in [2.45, 2.75) is 154 Å². The van der Waals surface area contributed by atoms with Crippen LogP contribution in [0.5, 0.6) is 0 Å². The molecule has 76 heavy (non-hydrogen) atoms. The van der Waals surface area contributed by atoms with Crippen LogP contribution in [0.15, 0.2) is 72.8 Å². The summed E-state index contributed by atoms with van der Waals surface area (Å²) in [5.41, 5.74) is 13.5. The molecule has 6 aliphatic carbocycles. The minimum atomic E-state index is -0.694. The number of aryl methyl sites for hydroxylation is 4. The molecule has 404 valence electrons. The van der Waals surface area contributed by atoms with Crippen molar-refractivity contribution in [3.63, 3.8) is 0 Å². The maximum atomic E-state index is 14.5. The van der Waals surface area contributed by atoms with E-state index in [-0.39, 0.29) is 58.8 Å². The maximum Gasteiger partial charge on any atom is 0.407 e. The van der Waals surface area contributed by atoms with E-state index in [4.69, 9.17) is 19.4 Å². The molecule has 16 nitrogen and oxygen atoms in total. The Labute approximate surface area is 445 Å². The van der Waals surface area contributed by atoms with Crippen molar-refractivity contribution in [1.82, 2.24) is 40.4 Å². The standard InChI is InChI=1S/C60H72N8O6.2H2O/c1-33(2)53(65-59(71)73-5)57(69)67-49-13-9-7-11-41(49)31-51(67)55-61-45-25-23-39(29-47(45)63-55)43-27-35-15-19-37(43)21-17-36-16-20-38(22-18-35)44(28-36)40-24-26-46-48(30-40)64-56(62-46)52-32-42-12-8-10-14-50(42)68(52)58(70)54(34(3)4)66-60(72)74-6;;/h15-16,19-20,23-30,33-34,41-42,49-54H,7-14,17-18,21-22,31-32H2,1-6H3,(H,61,63)(H,62,64)(H,65,71)(H,66,72);2*1H2/t41-,42-,49-,50-,51-,52-,53-,54-;;/m0../s1. The number of benzene rings is 4. The number of imidazole rings is 2. The highest BCUT2D eigenvalue weighted by Crippen LogP contribution is 2.48. The van der Waals surface area contributed by atoms with Crippen LogP contribution in [0.3, 0.4) is 0 Å². The Morgan fingerprint density at radius 2 is 0.961 bits per heavy atom. The summed E-state index contributed by atoms with van der Waals surface area (Å²) in [6.45, 7) is 7.85. The number of hydrogen-bond acceptors (Lipinski definition) is 8. The smallest absolute Gasteiger partial charge is 0.407 e. The van der Waals surface area contributed by atoms with E-state index in [1.54, 1.807) is 0 Å². The summed E-state index contributed by atoms with van der Waals surface area (Å²) >= 11 is 0. The number of likely N-dealkylation sites (tertiary alicyclic amines) is 2. The lowest BCUT2D eigenvalue weighted by Gasteiger charge is -2.36. The Kier molecular flexibility index (Phi) is 15.9. The molecule has 8 atom stereocenters. The Hall–Kier alpha value is -6.78. The first-order chi connectivity index (χ1) is 35.8. The fourth-order valence-corrected chi connectivity index (χ4v) is 13.6. The van der Waals surface area contributed by atoms with Crippen molar-refractivity contribution in [3.8, 4) is 22.3 Å². The van der Waals surface area contributed by atoms with Crippen molar-refractivity contribution < 1.29 is 39.6 Å². The number of carbonyl (C=O) groups is 4. The van der Waals surface area contributed by atoms with E-state index >= 15 is 0 Å². The molecule has 4 heterocycles. The first-order valence-corrected chi connectivity index (χ1v) is 27.4. The second-order valence-electron chi connectivity index (χ2n) is 22.6. The van der Waals surface area contributed by atoms with Gasteiger partial charge in [0.25, 0.3) is 0 Å². The summed E-state index contributed by atoms with van der Waals surface area (Å²) in [4.78, 5) is 75.7.